The predicted molar refractivity (Wildman–Crippen MR) is 134 cm³/mol. The van der Waals surface area contributed by atoms with Crippen molar-refractivity contribution in [1.29, 1.82) is 0 Å². The first kappa shape index (κ1) is 22.0. The van der Waals surface area contributed by atoms with Gasteiger partial charge in [0.2, 0.25) is 0 Å². The number of rotatable bonds is 6. The van der Waals surface area contributed by atoms with Crippen molar-refractivity contribution in [2.75, 3.05) is 38.0 Å². The summed E-state index contributed by atoms with van der Waals surface area (Å²) in [6.07, 6.45) is 6.37. The molecule has 4 heterocycles. The molecule has 0 atom stereocenters. The molecule has 1 fully saturated rings. The van der Waals surface area contributed by atoms with Gasteiger partial charge in [0.25, 0.3) is 0 Å². The summed E-state index contributed by atoms with van der Waals surface area (Å²) in [7, 11) is 0. The zero-order chi connectivity index (χ0) is 23.3. The molecular formula is C26H29N7O. The van der Waals surface area contributed by atoms with Crippen LogP contribution in [0, 0.1) is 0 Å². The van der Waals surface area contributed by atoms with Crippen molar-refractivity contribution in [1.82, 2.24) is 29.3 Å². The zero-order valence-electron chi connectivity index (χ0n) is 19.4. The van der Waals surface area contributed by atoms with Crippen molar-refractivity contribution in [3.8, 4) is 11.4 Å². The van der Waals surface area contributed by atoms with Gasteiger partial charge in [0, 0.05) is 69.1 Å². The van der Waals surface area contributed by atoms with E-state index in [1.165, 1.54) is 5.56 Å². The van der Waals surface area contributed by atoms with Gasteiger partial charge in [-0.05, 0) is 48.4 Å². The van der Waals surface area contributed by atoms with Gasteiger partial charge < -0.3 is 14.8 Å². The van der Waals surface area contributed by atoms with E-state index in [1.54, 1.807) is 12.4 Å². The summed E-state index contributed by atoms with van der Waals surface area (Å²) in [5, 5.41) is 3.02. The van der Waals surface area contributed by atoms with E-state index in [0.29, 0.717) is 13.1 Å². The predicted octanol–water partition coefficient (Wildman–Crippen LogP) is 3.91. The van der Waals surface area contributed by atoms with E-state index in [0.717, 1.165) is 60.8 Å². The van der Waals surface area contributed by atoms with Gasteiger partial charge in [0.15, 0.2) is 5.65 Å². The molecular weight excluding hydrogens is 426 g/mol. The largest absolute Gasteiger partial charge is 0.322 e. The fourth-order valence-corrected chi connectivity index (χ4v) is 4.33. The fraction of sp³-hybridized carbons (Fsp3) is 0.308. The molecule has 0 radical (unpaired) electrons. The summed E-state index contributed by atoms with van der Waals surface area (Å²) in [5.74, 6) is 0.906. The van der Waals surface area contributed by atoms with Gasteiger partial charge in [-0.2, -0.15) is 0 Å². The number of imidazole rings is 1. The average Bonchev–Trinajstić information content (AvgIpc) is 3.27. The lowest BCUT2D eigenvalue weighted by Crippen LogP contribution is -2.50. The molecule has 1 saturated heterocycles. The fourth-order valence-electron chi connectivity index (χ4n) is 4.33. The number of amides is 2. The van der Waals surface area contributed by atoms with Crippen LogP contribution in [0.15, 0.2) is 67.1 Å². The minimum absolute atomic E-state index is 0.0336. The van der Waals surface area contributed by atoms with Gasteiger partial charge in [-0.3, -0.25) is 9.88 Å². The molecule has 1 aromatic carbocycles. The number of hydrogen-bond donors (Lipinski definition) is 1. The lowest BCUT2D eigenvalue weighted by Gasteiger charge is -2.34. The number of urea groups is 1. The molecule has 2 amide bonds. The first-order valence-corrected chi connectivity index (χ1v) is 11.8. The number of aromatic nitrogens is 4. The number of nitrogens with one attached hydrogen (secondary N) is 1. The number of aryl methyl sites for hydroxylation is 1. The molecule has 0 aliphatic carbocycles. The van der Waals surface area contributed by atoms with Crippen LogP contribution < -0.4 is 5.32 Å². The van der Waals surface area contributed by atoms with Gasteiger partial charge >= 0.3 is 6.03 Å². The topological polar surface area (TPSA) is 79.2 Å². The second-order valence-electron chi connectivity index (χ2n) is 8.48. The molecule has 1 aliphatic rings. The third-order valence-corrected chi connectivity index (χ3v) is 6.36. The van der Waals surface area contributed by atoms with E-state index in [4.69, 9.17) is 4.98 Å². The van der Waals surface area contributed by atoms with Crippen LogP contribution in [0.1, 0.15) is 12.5 Å². The molecule has 1 aliphatic heterocycles. The Morgan fingerprint density at radius 2 is 1.71 bits per heavy atom. The highest BCUT2D eigenvalue weighted by Gasteiger charge is 2.22. The molecule has 8 nitrogen and oxygen atoms in total. The molecule has 3 aromatic heterocycles. The lowest BCUT2D eigenvalue weighted by atomic mass is 10.1. The van der Waals surface area contributed by atoms with Gasteiger partial charge in [0.1, 0.15) is 11.3 Å². The number of benzene rings is 1. The smallest absolute Gasteiger partial charge is 0.321 e. The molecule has 0 unspecified atom stereocenters. The number of nitrogens with zero attached hydrogens (tertiary/aromatic N) is 6. The number of anilines is 1. The molecule has 34 heavy (non-hydrogen) atoms. The highest BCUT2D eigenvalue weighted by molar-refractivity contribution is 5.89. The average molecular weight is 456 g/mol. The van der Waals surface area contributed by atoms with E-state index in [1.807, 2.05) is 47.5 Å². The van der Waals surface area contributed by atoms with Gasteiger partial charge in [0.05, 0.1) is 0 Å². The quantitative estimate of drug-likeness (QED) is 0.477. The maximum Gasteiger partial charge on any atom is 0.321 e. The highest BCUT2D eigenvalue weighted by atomic mass is 16.2. The van der Waals surface area contributed by atoms with Crippen LogP contribution in [0.3, 0.4) is 0 Å². The van der Waals surface area contributed by atoms with Crippen LogP contribution in [0.5, 0.6) is 0 Å². The molecule has 8 heteroatoms. The lowest BCUT2D eigenvalue weighted by molar-refractivity contribution is 0.145. The minimum Gasteiger partial charge on any atom is -0.322 e. The second kappa shape index (κ2) is 10.0. The molecule has 1 N–H and O–H groups in total. The third kappa shape index (κ3) is 4.77. The second-order valence-corrected chi connectivity index (χ2v) is 8.48. The summed E-state index contributed by atoms with van der Waals surface area (Å²) >= 11 is 0. The Morgan fingerprint density at radius 3 is 2.44 bits per heavy atom. The summed E-state index contributed by atoms with van der Waals surface area (Å²) in [4.78, 5) is 30.5. The summed E-state index contributed by atoms with van der Waals surface area (Å²) in [5.41, 5.74) is 4.91. The van der Waals surface area contributed by atoms with E-state index >= 15 is 0 Å². The molecule has 174 valence electrons. The van der Waals surface area contributed by atoms with Crippen LogP contribution in [0.25, 0.3) is 22.6 Å². The van der Waals surface area contributed by atoms with Crippen LogP contribution in [0.2, 0.25) is 0 Å². The monoisotopic (exact) mass is 455 g/mol. The number of piperazine rings is 1. The van der Waals surface area contributed by atoms with E-state index < -0.39 is 0 Å². The highest BCUT2D eigenvalue weighted by Crippen LogP contribution is 2.23. The Kier molecular flexibility index (Phi) is 6.49. The molecule has 0 spiro atoms. The normalized spacial score (nSPS) is 14.4. The van der Waals surface area contributed by atoms with E-state index in [9.17, 15) is 4.79 Å². The minimum atomic E-state index is -0.0336. The summed E-state index contributed by atoms with van der Waals surface area (Å²) < 4.78 is 2.18. The third-order valence-electron chi connectivity index (χ3n) is 6.36. The van der Waals surface area contributed by atoms with Gasteiger partial charge in [-0.1, -0.05) is 19.1 Å². The van der Waals surface area contributed by atoms with Crippen molar-refractivity contribution < 1.29 is 4.79 Å². The maximum atomic E-state index is 12.7. The Bertz CT molecular complexity index is 1250. The summed E-state index contributed by atoms with van der Waals surface area (Å²) in [6, 6.07) is 15.9. The molecule has 5 rings (SSSR count). The number of pyridine rings is 2. The Hall–Kier alpha value is -3.78. The molecule has 4 aromatic rings. The van der Waals surface area contributed by atoms with Crippen molar-refractivity contribution in [2.24, 2.45) is 0 Å². The Morgan fingerprint density at radius 1 is 0.941 bits per heavy atom. The van der Waals surface area contributed by atoms with Crippen LogP contribution in [-0.2, 0) is 13.0 Å². The Labute approximate surface area is 199 Å². The number of carbonyl (C=O) groups excluding carboxylic acids is 1. The first-order valence-electron chi connectivity index (χ1n) is 11.8. The maximum absolute atomic E-state index is 12.7. The van der Waals surface area contributed by atoms with Crippen molar-refractivity contribution in [3.63, 3.8) is 0 Å². The Balaban J connectivity index is 1.20. The van der Waals surface area contributed by atoms with E-state index in [2.05, 4.69) is 43.8 Å². The van der Waals surface area contributed by atoms with Crippen LogP contribution in [-0.4, -0.2) is 68.1 Å². The molecule has 0 bridgehead atoms. The summed E-state index contributed by atoms with van der Waals surface area (Å²) in [6.45, 7) is 6.87. The van der Waals surface area contributed by atoms with Gasteiger partial charge in [-0.25, -0.2) is 14.8 Å². The van der Waals surface area contributed by atoms with Crippen molar-refractivity contribution in [2.45, 2.75) is 19.9 Å². The first-order chi connectivity index (χ1) is 16.7. The SMILES string of the molecule is CCc1ccc(NC(=O)N2CCN(CCn3c(-c4ccncc4)nc4cccnc43)CC2)cc1. The number of carbonyl (C=O) groups is 1. The number of hydrogen-bond acceptors (Lipinski definition) is 5. The van der Waals surface area contributed by atoms with E-state index in [-0.39, 0.29) is 6.03 Å². The molecule has 0 saturated carbocycles. The zero-order valence-corrected chi connectivity index (χ0v) is 19.4. The van der Waals surface area contributed by atoms with Crippen molar-refractivity contribution >= 4 is 22.9 Å². The number of fused-ring (bicyclic) bond motifs is 1. The standard InChI is InChI=1S/C26H29N7O/c1-2-20-5-7-22(8-6-20)29-26(34)32-17-14-31(15-18-32)16-19-33-24(21-9-12-27-13-10-21)30-23-4-3-11-28-25(23)33/h3-13H,2,14-19H2,1H3,(H,29,34). The van der Waals surface area contributed by atoms with Crippen LogP contribution >= 0.6 is 0 Å². The van der Waals surface area contributed by atoms with Gasteiger partial charge in [-0.15, -0.1) is 0 Å². The van der Waals surface area contributed by atoms with Crippen LogP contribution in [0.4, 0.5) is 10.5 Å². The van der Waals surface area contributed by atoms with Crippen molar-refractivity contribution in [3.05, 3.63) is 72.7 Å².